The minimum absolute atomic E-state index is 0.0202. The zero-order chi connectivity index (χ0) is 53.5. The molecule has 3 heterocycles. The van der Waals surface area contributed by atoms with Gasteiger partial charge in [0.1, 0.15) is 0 Å². The van der Waals surface area contributed by atoms with Crippen molar-refractivity contribution in [3.63, 3.8) is 0 Å². The quantitative estimate of drug-likeness (QED) is 0.170. The van der Waals surface area contributed by atoms with Gasteiger partial charge in [-0.25, -0.2) is 15.0 Å². The highest BCUT2D eigenvalue weighted by Gasteiger charge is 2.21. The molecule has 262 valence electrons. The number of hydrogen-bond donors (Lipinski definition) is 0. The van der Waals surface area contributed by atoms with E-state index >= 15 is 0 Å². The Kier molecular flexibility index (Phi) is 4.36. The number of hydrogen-bond acceptors (Lipinski definition) is 4. The molecular formula is C51H32N4S. The van der Waals surface area contributed by atoms with Gasteiger partial charge < -0.3 is 4.57 Å². The minimum Gasteiger partial charge on any atom is -0.309 e. The van der Waals surface area contributed by atoms with Crippen LogP contribution in [0.5, 0.6) is 0 Å². The van der Waals surface area contributed by atoms with E-state index < -0.39 is 143 Å². The van der Waals surface area contributed by atoms with Gasteiger partial charge in [0.05, 0.1) is 37.1 Å². The van der Waals surface area contributed by atoms with Crippen LogP contribution in [0, 0.1) is 0 Å². The van der Waals surface area contributed by atoms with Crippen LogP contribution in [-0.2, 0) is 0 Å². The van der Waals surface area contributed by atoms with E-state index in [1.807, 2.05) is 54.6 Å². The van der Waals surface area contributed by atoms with Crippen molar-refractivity contribution in [2.75, 3.05) is 0 Å². The van der Waals surface area contributed by atoms with Gasteiger partial charge in [-0.2, -0.15) is 0 Å². The van der Waals surface area contributed by atoms with Crippen LogP contribution in [0.1, 0.15) is 26.0 Å². The molecule has 5 heteroatoms. The number of thiophene rings is 1. The molecule has 0 amide bonds. The lowest BCUT2D eigenvalue weighted by molar-refractivity contribution is 1.08. The Bertz CT molecular complexity index is 4320. The second-order valence-electron chi connectivity index (χ2n) is 12.6. The molecule has 0 aliphatic heterocycles. The van der Waals surface area contributed by atoms with Crippen molar-refractivity contribution in [2.24, 2.45) is 0 Å². The number of aromatic nitrogens is 4. The van der Waals surface area contributed by atoms with Gasteiger partial charge in [-0.3, -0.25) is 0 Å². The van der Waals surface area contributed by atoms with Crippen LogP contribution >= 0.6 is 11.3 Å². The van der Waals surface area contributed by atoms with Crippen LogP contribution in [0.3, 0.4) is 0 Å². The highest BCUT2D eigenvalue weighted by atomic mass is 32.1. The zero-order valence-corrected chi connectivity index (χ0v) is 29.5. The summed E-state index contributed by atoms with van der Waals surface area (Å²) in [7, 11) is 0. The molecule has 3 aromatic heterocycles. The van der Waals surface area contributed by atoms with Gasteiger partial charge in [0.15, 0.2) is 17.5 Å². The number of nitrogens with zero attached hydrogens (tertiary/aromatic N) is 4. The normalized spacial score (nSPS) is 16.3. The van der Waals surface area contributed by atoms with Crippen molar-refractivity contribution in [3.05, 3.63) is 194 Å². The van der Waals surface area contributed by atoms with Crippen molar-refractivity contribution < 1.29 is 26.0 Å². The summed E-state index contributed by atoms with van der Waals surface area (Å²) >= 11 is 0.818. The Labute approximate surface area is 354 Å². The van der Waals surface area contributed by atoms with Gasteiger partial charge in [0.25, 0.3) is 0 Å². The summed E-state index contributed by atoms with van der Waals surface area (Å²) in [5.41, 5.74) is 1.76. The predicted molar refractivity (Wildman–Crippen MR) is 234 cm³/mol. The maximum atomic E-state index is 9.56. The highest BCUT2D eigenvalue weighted by Crippen LogP contribution is 2.41. The summed E-state index contributed by atoms with van der Waals surface area (Å²) in [5.74, 6) is -0.973. The molecule has 0 saturated heterocycles. The van der Waals surface area contributed by atoms with Crippen molar-refractivity contribution in [1.82, 2.24) is 19.5 Å². The first-order valence-corrected chi connectivity index (χ1v) is 18.0. The largest absolute Gasteiger partial charge is 0.309 e. The zero-order valence-electron chi connectivity index (χ0n) is 47.7. The molecule has 0 bridgehead atoms. The van der Waals surface area contributed by atoms with E-state index in [9.17, 15) is 8.22 Å². The van der Waals surface area contributed by atoms with Gasteiger partial charge in [-0.15, -0.1) is 11.3 Å². The van der Waals surface area contributed by atoms with E-state index in [1.165, 1.54) is 0 Å². The minimum atomic E-state index is -0.810. The molecule has 0 unspecified atom stereocenters. The van der Waals surface area contributed by atoms with Crippen LogP contribution in [0.25, 0.3) is 104 Å². The Morgan fingerprint density at radius 1 is 0.429 bits per heavy atom. The van der Waals surface area contributed by atoms with E-state index in [0.29, 0.717) is 5.56 Å². The van der Waals surface area contributed by atoms with Gasteiger partial charge in [-0.1, -0.05) is 151 Å². The predicted octanol–water partition coefficient (Wildman–Crippen LogP) is 13.7. The molecule has 56 heavy (non-hydrogen) atoms. The molecule has 0 fully saturated rings. The number of para-hydroxylation sites is 2. The summed E-state index contributed by atoms with van der Waals surface area (Å²) in [6.07, 6.45) is 0. The lowest BCUT2D eigenvalue weighted by Crippen LogP contribution is -2.01. The molecular weight excluding hydrogens is 701 g/mol. The molecule has 11 aromatic rings. The van der Waals surface area contributed by atoms with Gasteiger partial charge >= 0.3 is 0 Å². The molecule has 0 atom stereocenters. The van der Waals surface area contributed by atoms with Crippen LogP contribution < -0.4 is 0 Å². The fourth-order valence-electron chi connectivity index (χ4n) is 6.86. The number of benzene rings is 8. The first-order valence-electron chi connectivity index (χ1n) is 26.7. The number of fused-ring (bicyclic) bond motifs is 6. The number of rotatable bonds is 6. The van der Waals surface area contributed by atoms with Crippen LogP contribution in [-0.4, -0.2) is 19.5 Å². The smallest absolute Gasteiger partial charge is 0.165 e. The first-order chi connectivity index (χ1) is 35.7. The molecule has 4 nitrogen and oxygen atoms in total. The van der Waals surface area contributed by atoms with E-state index in [4.69, 9.17) is 32.8 Å². The van der Waals surface area contributed by atoms with E-state index in [2.05, 4.69) is 0 Å². The average molecular weight is 752 g/mol. The Morgan fingerprint density at radius 2 is 1.02 bits per heavy atom. The van der Waals surface area contributed by atoms with Crippen molar-refractivity contribution in [1.29, 1.82) is 0 Å². The van der Waals surface area contributed by atoms with Crippen molar-refractivity contribution in [2.45, 2.75) is 0 Å². The third-order valence-corrected chi connectivity index (χ3v) is 10.5. The third kappa shape index (κ3) is 5.40. The molecule has 8 aromatic carbocycles. The Balaban J connectivity index is 1.28. The molecule has 0 saturated carbocycles. The van der Waals surface area contributed by atoms with Gasteiger partial charge in [0, 0.05) is 53.3 Å². The van der Waals surface area contributed by atoms with E-state index in [0.717, 1.165) is 38.2 Å². The van der Waals surface area contributed by atoms with Crippen molar-refractivity contribution >= 4 is 53.3 Å². The standard InChI is InChI=1S/C51H32N4S/c1-3-14-33(15-4-1)36-16-11-17-37(32-36)34-28-30-35(31-29-34)49-52-50(54-51(53-49)43-24-12-22-40-39-20-8-10-27-46(39)56-48(40)43)42-23-13-26-45-47(42)41-21-7-9-25-44(41)55(45)38-18-5-2-6-19-38/h1-32H/i2D,5D,6D,7D,8D,9D,10D,12D,13D,18D,19D,20D,21D,22D,23D,24D,25D,26D,27D. The second kappa shape index (κ2) is 13.3. The molecule has 0 spiro atoms. The third-order valence-electron chi connectivity index (χ3n) is 9.40. The molecule has 0 aliphatic rings. The van der Waals surface area contributed by atoms with Crippen LogP contribution in [0.15, 0.2) is 194 Å². The van der Waals surface area contributed by atoms with Gasteiger partial charge in [-0.05, 0) is 64.6 Å². The molecule has 0 N–H and O–H groups in total. The topological polar surface area (TPSA) is 43.6 Å². The molecule has 0 radical (unpaired) electrons. The fraction of sp³-hybridized carbons (Fsp3) is 0. The fourth-order valence-corrected chi connectivity index (χ4v) is 7.92. The summed E-state index contributed by atoms with van der Waals surface area (Å²) in [5, 5.41) is -0.876. The average Bonchev–Trinajstić information content (AvgIpc) is 4.05. The van der Waals surface area contributed by atoms with Gasteiger partial charge in [0.2, 0.25) is 0 Å². The SMILES string of the molecule is [2H]c1c([2H])c([2H])c(-n2c3c([2H])c([2H])c([2H])c([2H])c3c3c(-c4nc(-c5ccc(-c6cccc(-c7ccccc7)c6)cc5)nc(-c5c([2H])c([2H])c([2H])c6c5sc5c([2H])c([2H])c([2H])c([2H])c56)n4)c([2H])c([2H])c([2H])c32)c([2H])c1[2H]. The summed E-state index contributed by atoms with van der Waals surface area (Å²) in [4.78, 5) is 14.5. The van der Waals surface area contributed by atoms with E-state index in [-0.39, 0.29) is 48.2 Å². The van der Waals surface area contributed by atoms with Crippen molar-refractivity contribution in [3.8, 4) is 62.1 Å². The van der Waals surface area contributed by atoms with Crippen LogP contribution in [0.2, 0.25) is 0 Å². The maximum Gasteiger partial charge on any atom is 0.165 e. The monoisotopic (exact) mass is 751 g/mol. The first kappa shape index (κ1) is 18.4. The Hall–Kier alpha value is -7.21. The Morgan fingerprint density at radius 3 is 1.84 bits per heavy atom. The summed E-state index contributed by atoms with van der Waals surface area (Å²) in [6, 6.07) is 11.5. The summed E-state index contributed by atoms with van der Waals surface area (Å²) in [6.45, 7) is 0. The lowest BCUT2D eigenvalue weighted by atomic mass is 9.98. The molecule has 0 aliphatic carbocycles. The maximum absolute atomic E-state index is 9.56. The van der Waals surface area contributed by atoms with Crippen LogP contribution in [0.4, 0.5) is 0 Å². The summed E-state index contributed by atoms with van der Waals surface area (Å²) < 4.78 is 170. The molecule has 11 rings (SSSR count). The second-order valence-corrected chi connectivity index (χ2v) is 13.6. The lowest BCUT2D eigenvalue weighted by Gasteiger charge is -2.11. The van der Waals surface area contributed by atoms with E-state index in [1.54, 1.807) is 24.3 Å². The highest BCUT2D eigenvalue weighted by molar-refractivity contribution is 7.26.